The molecule has 0 spiro atoms. The second-order valence-electron chi connectivity index (χ2n) is 1.47. The molecule has 0 amide bonds. The first-order chi connectivity index (χ1) is 4.36. The Bertz CT molecular complexity index is 168. The zero-order valence-corrected chi connectivity index (χ0v) is 6.63. The third kappa shape index (κ3) is 1.67. The van der Waals surface area contributed by atoms with Crippen molar-refractivity contribution >= 4 is 23.1 Å². The fraction of sp³-hybridized carbons (Fsp3) is 0.400. The van der Waals surface area contributed by atoms with Crippen LogP contribution in [0.25, 0.3) is 0 Å². The minimum atomic E-state index is 0.0526. The molecule has 0 aliphatic carbocycles. The largest absolute Gasteiger partial charge is 0.390 e. The van der Waals surface area contributed by atoms with Crippen molar-refractivity contribution < 1.29 is 5.11 Å². The lowest BCUT2D eigenvalue weighted by Gasteiger charge is -1.82. The summed E-state index contributed by atoms with van der Waals surface area (Å²) in [4.78, 5) is 4.08. The summed E-state index contributed by atoms with van der Waals surface area (Å²) in [6, 6.07) is 0. The first-order valence-electron chi connectivity index (χ1n) is 2.46. The maximum Gasteiger partial charge on any atom is 0.149 e. The van der Waals surface area contributed by atoms with Gasteiger partial charge in [-0.2, -0.15) is 0 Å². The molecule has 0 aliphatic heterocycles. The second-order valence-corrected chi connectivity index (χ2v) is 3.38. The summed E-state index contributed by atoms with van der Waals surface area (Å²) in [5.74, 6) is 0. The van der Waals surface area contributed by atoms with Gasteiger partial charge in [0.2, 0.25) is 0 Å². The van der Waals surface area contributed by atoms with Crippen LogP contribution in [0.1, 0.15) is 5.69 Å². The quantitative estimate of drug-likeness (QED) is 0.665. The van der Waals surface area contributed by atoms with Crippen LogP contribution in [0.2, 0.25) is 0 Å². The third-order valence-electron chi connectivity index (χ3n) is 0.867. The first kappa shape index (κ1) is 7.05. The molecule has 50 valence electrons. The third-order valence-corrected chi connectivity index (χ3v) is 2.78. The summed E-state index contributed by atoms with van der Waals surface area (Å²) in [6.45, 7) is 0.0526. The highest BCUT2D eigenvalue weighted by Gasteiger charge is 1.96. The molecule has 1 aromatic rings. The van der Waals surface area contributed by atoms with Crippen molar-refractivity contribution in [2.24, 2.45) is 0 Å². The number of thiazole rings is 1. The number of thioether (sulfide) groups is 1. The summed E-state index contributed by atoms with van der Waals surface area (Å²) in [7, 11) is 0. The number of aliphatic hydroxyl groups is 1. The molecule has 0 bridgehead atoms. The van der Waals surface area contributed by atoms with E-state index in [1.165, 1.54) is 0 Å². The van der Waals surface area contributed by atoms with Crippen molar-refractivity contribution in [3.63, 3.8) is 0 Å². The molecule has 0 aliphatic rings. The van der Waals surface area contributed by atoms with Gasteiger partial charge in [0.05, 0.1) is 12.3 Å². The van der Waals surface area contributed by atoms with E-state index in [-0.39, 0.29) is 6.61 Å². The van der Waals surface area contributed by atoms with Crippen LogP contribution in [0.4, 0.5) is 0 Å². The van der Waals surface area contributed by atoms with E-state index in [2.05, 4.69) is 4.98 Å². The first-order valence-corrected chi connectivity index (χ1v) is 4.56. The summed E-state index contributed by atoms with van der Waals surface area (Å²) < 4.78 is 1.01. The molecule has 1 aromatic heterocycles. The minimum Gasteiger partial charge on any atom is -0.390 e. The molecule has 1 heterocycles. The van der Waals surface area contributed by atoms with Crippen molar-refractivity contribution in [1.29, 1.82) is 0 Å². The Morgan fingerprint density at radius 1 is 1.89 bits per heavy atom. The molecule has 0 radical (unpaired) electrons. The zero-order chi connectivity index (χ0) is 6.69. The van der Waals surface area contributed by atoms with E-state index in [0.717, 1.165) is 10.0 Å². The lowest BCUT2D eigenvalue weighted by molar-refractivity contribution is 0.277. The smallest absolute Gasteiger partial charge is 0.149 e. The fourth-order valence-corrected chi connectivity index (χ4v) is 1.73. The van der Waals surface area contributed by atoms with Crippen LogP contribution in [-0.4, -0.2) is 16.3 Å². The standard InChI is InChI=1S/C5H7NOS2/c1-8-5-6-4(2-7)3-9-5/h3,7H,2H2,1H3. The highest BCUT2D eigenvalue weighted by molar-refractivity contribution is 8.00. The van der Waals surface area contributed by atoms with E-state index in [4.69, 9.17) is 5.11 Å². The maximum atomic E-state index is 8.58. The molecule has 0 atom stereocenters. The Morgan fingerprint density at radius 2 is 2.67 bits per heavy atom. The van der Waals surface area contributed by atoms with Gasteiger partial charge in [0.1, 0.15) is 4.34 Å². The monoisotopic (exact) mass is 161 g/mol. The molecule has 2 nitrogen and oxygen atoms in total. The van der Waals surface area contributed by atoms with E-state index in [9.17, 15) is 0 Å². The van der Waals surface area contributed by atoms with Crippen molar-refractivity contribution in [3.05, 3.63) is 11.1 Å². The fourth-order valence-electron chi connectivity index (χ4n) is 0.455. The highest BCUT2D eigenvalue weighted by atomic mass is 32.2. The van der Waals surface area contributed by atoms with Crippen LogP contribution in [-0.2, 0) is 6.61 Å². The molecule has 9 heavy (non-hydrogen) atoms. The lowest BCUT2D eigenvalue weighted by atomic mass is 10.5. The number of nitrogens with zero attached hydrogens (tertiary/aromatic N) is 1. The van der Waals surface area contributed by atoms with Gasteiger partial charge in [-0.05, 0) is 6.26 Å². The summed E-state index contributed by atoms with van der Waals surface area (Å²) in [6.07, 6.45) is 1.97. The number of hydrogen-bond acceptors (Lipinski definition) is 4. The maximum absolute atomic E-state index is 8.58. The Balaban J connectivity index is 2.74. The molecule has 0 aromatic carbocycles. The van der Waals surface area contributed by atoms with Crippen LogP contribution in [0.3, 0.4) is 0 Å². The molecule has 4 heteroatoms. The summed E-state index contributed by atoms with van der Waals surface area (Å²) in [5, 5.41) is 10.4. The SMILES string of the molecule is CSc1nc(CO)cs1. The summed E-state index contributed by atoms with van der Waals surface area (Å²) >= 11 is 3.17. The van der Waals surface area contributed by atoms with E-state index in [1.807, 2.05) is 11.6 Å². The molecular formula is C5H7NOS2. The lowest BCUT2D eigenvalue weighted by Crippen LogP contribution is -1.79. The van der Waals surface area contributed by atoms with Gasteiger partial charge in [-0.25, -0.2) is 4.98 Å². The number of hydrogen-bond donors (Lipinski definition) is 1. The van der Waals surface area contributed by atoms with Gasteiger partial charge in [-0.3, -0.25) is 0 Å². The average Bonchev–Trinajstić information content (AvgIpc) is 2.34. The van der Waals surface area contributed by atoms with Gasteiger partial charge < -0.3 is 5.11 Å². The van der Waals surface area contributed by atoms with Crippen LogP contribution in [0, 0.1) is 0 Å². The average molecular weight is 161 g/mol. The van der Waals surface area contributed by atoms with Crippen molar-refractivity contribution in [2.75, 3.05) is 6.26 Å². The zero-order valence-electron chi connectivity index (χ0n) is 5.00. The van der Waals surface area contributed by atoms with E-state index in [1.54, 1.807) is 23.1 Å². The molecule has 1 rings (SSSR count). The molecule has 0 unspecified atom stereocenters. The van der Waals surface area contributed by atoms with Crippen LogP contribution >= 0.6 is 23.1 Å². The van der Waals surface area contributed by atoms with Crippen LogP contribution in [0.15, 0.2) is 9.72 Å². The number of aliphatic hydroxyl groups excluding tert-OH is 1. The van der Waals surface area contributed by atoms with E-state index in [0.29, 0.717) is 0 Å². The minimum absolute atomic E-state index is 0.0526. The van der Waals surface area contributed by atoms with Crippen LogP contribution < -0.4 is 0 Å². The molecule has 0 fully saturated rings. The molecule has 0 saturated heterocycles. The molecule has 1 N–H and O–H groups in total. The Morgan fingerprint density at radius 3 is 3.00 bits per heavy atom. The number of aromatic nitrogens is 1. The van der Waals surface area contributed by atoms with Gasteiger partial charge in [-0.1, -0.05) is 11.8 Å². The van der Waals surface area contributed by atoms with Gasteiger partial charge in [0.15, 0.2) is 0 Å². The van der Waals surface area contributed by atoms with Gasteiger partial charge >= 0.3 is 0 Å². The van der Waals surface area contributed by atoms with Gasteiger partial charge in [0.25, 0.3) is 0 Å². The van der Waals surface area contributed by atoms with E-state index >= 15 is 0 Å². The van der Waals surface area contributed by atoms with Crippen molar-refractivity contribution in [1.82, 2.24) is 4.98 Å². The van der Waals surface area contributed by atoms with E-state index < -0.39 is 0 Å². The summed E-state index contributed by atoms with van der Waals surface area (Å²) in [5.41, 5.74) is 0.768. The second kappa shape index (κ2) is 3.20. The predicted octanol–water partition coefficient (Wildman–Crippen LogP) is 1.36. The van der Waals surface area contributed by atoms with Gasteiger partial charge in [0, 0.05) is 5.38 Å². The van der Waals surface area contributed by atoms with Crippen molar-refractivity contribution in [2.45, 2.75) is 10.9 Å². The van der Waals surface area contributed by atoms with Crippen LogP contribution in [0.5, 0.6) is 0 Å². The predicted molar refractivity (Wildman–Crippen MR) is 39.8 cm³/mol. The number of rotatable bonds is 2. The van der Waals surface area contributed by atoms with Gasteiger partial charge in [-0.15, -0.1) is 11.3 Å². The highest BCUT2D eigenvalue weighted by Crippen LogP contribution is 2.19. The topological polar surface area (TPSA) is 33.1 Å². The normalized spacial score (nSPS) is 10.0. The Kier molecular flexibility index (Phi) is 2.50. The molecular weight excluding hydrogens is 154 g/mol. The Labute approximate surface area is 61.9 Å². The Hall–Kier alpha value is -0.0600. The van der Waals surface area contributed by atoms with Crippen molar-refractivity contribution in [3.8, 4) is 0 Å². The molecule has 0 saturated carbocycles.